The monoisotopic (exact) mass is 613 g/mol. The number of aliphatic hydroxyl groups is 4. The molecule has 3 aliphatic carbocycles. The van der Waals surface area contributed by atoms with Gasteiger partial charge in [-0.2, -0.15) is 0 Å². The smallest absolute Gasteiger partial charge is 0.255 e. The maximum atomic E-state index is 14.1. The summed E-state index contributed by atoms with van der Waals surface area (Å²) in [6, 6.07) is 1.61. The zero-order valence-electron chi connectivity index (χ0n) is 25.6. The Morgan fingerprint density at radius 2 is 1.64 bits per heavy atom. The molecule has 0 spiro atoms. The first-order valence-corrected chi connectivity index (χ1v) is 15.2. The first-order valence-electron chi connectivity index (χ1n) is 15.2. The highest BCUT2D eigenvalue weighted by molar-refractivity contribution is 6.24. The average Bonchev–Trinajstić information content (AvgIpc) is 2.95. The van der Waals surface area contributed by atoms with Crippen molar-refractivity contribution in [2.45, 2.75) is 88.9 Å². The summed E-state index contributed by atoms with van der Waals surface area (Å²) in [5.74, 6) is -9.98. The van der Waals surface area contributed by atoms with Crippen LogP contribution in [0.3, 0.4) is 0 Å². The molecule has 3 aliphatic rings. The third kappa shape index (κ3) is 5.28. The topological polar surface area (TPSA) is 211 Å². The largest absolute Gasteiger partial charge is 0.508 e. The minimum Gasteiger partial charge on any atom is -0.508 e. The number of fused-ring (bicyclic) bond motifs is 3. The van der Waals surface area contributed by atoms with E-state index in [0.717, 1.165) is 32.1 Å². The molecule has 0 aliphatic heterocycles. The van der Waals surface area contributed by atoms with Gasteiger partial charge in [0.15, 0.2) is 11.4 Å². The number of phenolic OH excluding ortho intramolecular Hbond substituents is 1. The zero-order chi connectivity index (χ0) is 32.7. The van der Waals surface area contributed by atoms with Crippen LogP contribution >= 0.6 is 0 Å². The Balaban J connectivity index is 1.71. The molecule has 0 aromatic heterocycles. The van der Waals surface area contributed by atoms with Gasteiger partial charge in [-0.15, -0.1) is 0 Å². The van der Waals surface area contributed by atoms with E-state index in [1.807, 2.05) is 0 Å². The van der Waals surface area contributed by atoms with E-state index < -0.39 is 81.4 Å². The number of amides is 2. The molecule has 44 heavy (non-hydrogen) atoms. The number of phenols is 1. The number of carbonyl (C=O) groups excluding carboxylic acids is 4. The normalized spacial score (nSPS) is 28.1. The highest BCUT2D eigenvalue weighted by atomic mass is 16.4. The van der Waals surface area contributed by atoms with Crippen LogP contribution in [0.4, 0.5) is 5.69 Å². The summed E-state index contributed by atoms with van der Waals surface area (Å²) in [4.78, 5) is 53.5. The Morgan fingerprint density at radius 1 is 1.02 bits per heavy atom. The van der Waals surface area contributed by atoms with Gasteiger partial charge in [0, 0.05) is 17.9 Å². The summed E-state index contributed by atoms with van der Waals surface area (Å²) in [7, 11) is 2.90. The summed E-state index contributed by atoms with van der Waals surface area (Å²) >= 11 is 0. The quantitative estimate of drug-likeness (QED) is 0.110. The number of likely N-dealkylation sites (N-methyl/N-ethyl adjacent to an activating group) is 1. The van der Waals surface area contributed by atoms with Crippen molar-refractivity contribution in [2.75, 3.05) is 19.4 Å². The van der Waals surface area contributed by atoms with Crippen LogP contribution in [0.5, 0.6) is 5.75 Å². The summed E-state index contributed by atoms with van der Waals surface area (Å²) in [5, 5.41) is 59.8. The number of benzene rings is 1. The van der Waals surface area contributed by atoms with E-state index in [0.29, 0.717) is 12.0 Å². The number of primary amides is 1. The highest BCUT2D eigenvalue weighted by Crippen LogP contribution is 2.56. The number of nitrogens with two attached hydrogens (primary N) is 1. The number of hydrogen-bond acceptors (Lipinski definition) is 10. The Bertz CT molecular complexity index is 1430. The average molecular weight is 614 g/mol. The van der Waals surface area contributed by atoms with Crippen LogP contribution in [0, 0.1) is 11.8 Å². The summed E-state index contributed by atoms with van der Waals surface area (Å²) < 4.78 is 0. The van der Waals surface area contributed by atoms with E-state index in [2.05, 4.69) is 12.2 Å². The van der Waals surface area contributed by atoms with Gasteiger partial charge in [-0.1, -0.05) is 58.4 Å². The van der Waals surface area contributed by atoms with E-state index in [4.69, 9.17) is 5.73 Å². The van der Waals surface area contributed by atoms with Gasteiger partial charge in [0.05, 0.1) is 29.3 Å². The number of nitrogens with one attached hydrogen (secondary N) is 1. The fraction of sp³-hybridized carbons (Fsp3) is 0.562. The standard InChI is InChI=1S/C32H43N3O9/c1-5-6-7-8-9-10-11-12-18(36)34-17-14-13-16-15(2)19-21(26(38)20(16)25(17)37)29(41)32(44)23(27(19)39)24(35(3)4)28(40)22(30(32)42)31(33)43/h13-15,19,23-24,27,37-39,42,44H,5-12H2,1-4H3,(H2,33,43)(H,34,36)/t15-,19?,23?,24-,27?,32-/m0/s1. The molecular formula is C32H43N3O9. The van der Waals surface area contributed by atoms with E-state index >= 15 is 0 Å². The van der Waals surface area contributed by atoms with Crippen molar-refractivity contribution in [1.29, 1.82) is 0 Å². The van der Waals surface area contributed by atoms with Gasteiger partial charge in [-0.25, -0.2) is 0 Å². The predicted molar refractivity (Wildman–Crippen MR) is 162 cm³/mol. The zero-order valence-corrected chi connectivity index (χ0v) is 25.6. The van der Waals surface area contributed by atoms with E-state index in [1.54, 1.807) is 13.0 Å². The van der Waals surface area contributed by atoms with Crippen LogP contribution in [0.15, 0.2) is 29.0 Å². The molecule has 8 N–H and O–H groups in total. The van der Waals surface area contributed by atoms with Crippen LogP contribution < -0.4 is 11.1 Å². The Labute approximate surface area is 256 Å². The third-order valence-corrected chi connectivity index (χ3v) is 9.41. The molecule has 6 atom stereocenters. The lowest BCUT2D eigenvalue weighted by molar-refractivity contribution is -0.169. The first kappa shape index (κ1) is 33.2. The van der Waals surface area contributed by atoms with Crippen molar-refractivity contribution in [2.24, 2.45) is 17.6 Å². The number of anilines is 1. The highest BCUT2D eigenvalue weighted by Gasteiger charge is 2.68. The Morgan fingerprint density at radius 3 is 2.23 bits per heavy atom. The number of rotatable bonds is 11. The molecule has 0 bridgehead atoms. The molecule has 1 aromatic carbocycles. The summed E-state index contributed by atoms with van der Waals surface area (Å²) in [6.07, 6.45) is 5.77. The molecule has 1 aromatic rings. The molecule has 0 radical (unpaired) electrons. The molecule has 12 heteroatoms. The number of unbranched alkanes of at least 4 members (excludes halogenated alkanes) is 6. The first-order chi connectivity index (χ1) is 20.7. The van der Waals surface area contributed by atoms with Gasteiger partial charge in [0.2, 0.25) is 11.7 Å². The van der Waals surface area contributed by atoms with Crippen LogP contribution in [0.2, 0.25) is 0 Å². The van der Waals surface area contributed by atoms with Crippen molar-refractivity contribution in [3.05, 3.63) is 40.2 Å². The second-order valence-electron chi connectivity index (χ2n) is 12.4. The lowest BCUT2D eigenvalue weighted by Gasteiger charge is -2.53. The molecule has 4 rings (SSSR count). The molecular weight excluding hydrogens is 570 g/mol. The fourth-order valence-electron chi connectivity index (χ4n) is 7.17. The fourth-order valence-corrected chi connectivity index (χ4v) is 7.17. The van der Waals surface area contributed by atoms with E-state index in [-0.39, 0.29) is 23.6 Å². The SMILES string of the molecule is CCCCCCCCCC(=O)Nc1ccc2c(c1O)C(O)=C1C(=O)[C@]3(O)C(O)=C(C(N)=O)C(=O)[C@@H](N(C)C)C3C(O)C1[C@H]2C. The third-order valence-electron chi connectivity index (χ3n) is 9.41. The minimum absolute atomic E-state index is 0.00424. The van der Waals surface area contributed by atoms with Gasteiger partial charge < -0.3 is 36.6 Å². The van der Waals surface area contributed by atoms with Gasteiger partial charge in [0.25, 0.3) is 5.91 Å². The number of aromatic hydroxyl groups is 1. The number of hydrogen-bond donors (Lipinski definition) is 7. The van der Waals surface area contributed by atoms with Crippen molar-refractivity contribution in [3.63, 3.8) is 0 Å². The second-order valence-corrected chi connectivity index (χ2v) is 12.4. The van der Waals surface area contributed by atoms with Crippen molar-refractivity contribution < 1.29 is 44.7 Å². The lowest BCUT2D eigenvalue weighted by Crippen LogP contribution is -2.70. The van der Waals surface area contributed by atoms with Crippen molar-refractivity contribution in [3.8, 4) is 5.75 Å². The van der Waals surface area contributed by atoms with Gasteiger partial charge in [-0.3, -0.25) is 24.1 Å². The van der Waals surface area contributed by atoms with E-state index in [9.17, 15) is 44.7 Å². The molecule has 240 valence electrons. The molecule has 12 nitrogen and oxygen atoms in total. The number of Topliss-reactive ketones (excluding diaryl/α,β-unsaturated/α-hetero) is 2. The lowest BCUT2D eigenvalue weighted by atomic mass is 9.54. The molecule has 0 saturated heterocycles. The number of aliphatic hydroxyl groups excluding tert-OH is 3. The van der Waals surface area contributed by atoms with Crippen LogP contribution in [-0.2, 0) is 19.2 Å². The van der Waals surface area contributed by atoms with Crippen molar-refractivity contribution >= 4 is 34.8 Å². The maximum absolute atomic E-state index is 14.1. The Hall–Kier alpha value is -3.74. The van der Waals surface area contributed by atoms with E-state index in [1.165, 1.54) is 31.5 Å². The van der Waals surface area contributed by atoms with Gasteiger partial charge in [0.1, 0.15) is 22.8 Å². The van der Waals surface area contributed by atoms with Crippen LogP contribution in [0.1, 0.15) is 82.3 Å². The molecule has 0 heterocycles. The molecule has 3 unspecified atom stereocenters. The summed E-state index contributed by atoms with van der Waals surface area (Å²) in [6.45, 7) is 3.79. The van der Waals surface area contributed by atoms with Crippen molar-refractivity contribution in [1.82, 2.24) is 4.90 Å². The minimum atomic E-state index is -2.98. The number of carbonyl (C=O) groups is 4. The van der Waals surface area contributed by atoms with Gasteiger partial charge >= 0.3 is 0 Å². The number of nitrogens with zero attached hydrogens (tertiary/aromatic N) is 1. The number of ketones is 2. The van der Waals surface area contributed by atoms with Gasteiger partial charge in [-0.05, 0) is 38.1 Å². The van der Waals surface area contributed by atoms with Crippen LogP contribution in [0.25, 0.3) is 5.76 Å². The van der Waals surface area contributed by atoms with Crippen LogP contribution in [-0.4, -0.2) is 85.7 Å². The molecule has 2 amide bonds. The predicted octanol–water partition coefficient (Wildman–Crippen LogP) is 2.58. The molecule has 1 saturated carbocycles. The maximum Gasteiger partial charge on any atom is 0.255 e. The summed E-state index contributed by atoms with van der Waals surface area (Å²) in [5.41, 5.74) is 1.09. The second kappa shape index (κ2) is 12.7. The molecule has 1 fully saturated rings. The Kier molecular flexibility index (Phi) is 9.57.